The van der Waals surface area contributed by atoms with Gasteiger partial charge in [0.25, 0.3) is 0 Å². The summed E-state index contributed by atoms with van der Waals surface area (Å²) < 4.78 is 5.23. The number of carbonyl (C=O) groups excluding carboxylic acids is 1. The minimum absolute atomic E-state index is 0.155. The van der Waals surface area contributed by atoms with Gasteiger partial charge in [-0.2, -0.15) is 0 Å². The summed E-state index contributed by atoms with van der Waals surface area (Å²) in [7, 11) is 1.91. The summed E-state index contributed by atoms with van der Waals surface area (Å²) in [5.74, 6) is 0.404. The van der Waals surface area contributed by atoms with Crippen LogP contribution in [0, 0.1) is 5.92 Å². The van der Waals surface area contributed by atoms with Gasteiger partial charge in [-0.15, -0.1) is 0 Å². The van der Waals surface area contributed by atoms with Crippen molar-refractivity contribution in [3.63, 3.8) is 0 Å². The largest absolute Gasteiger partial charge is 0.444 e. The molecule has 0 aromatic carbocycles. The van der Waals surface area contributed by atoms with E-state index in [0.29, 0.717) is 5.92 Å². The van der Waals surface area contributed by atoms with Gasteiger partial charge in [0.15, 0.2) is 0 Å². The van der Waals surface area contributed by atoms with Gasteiger partial charge in [0.2, 0.25) is 0 Å². The molecule has 1 amide bonds. The van der Waals surface area contributed by atoms with Crippen molar-refractivity contribution in [3.8, 4) is 0 Å². The molecule has 2 N–H and O–H groups in total. The molecule has 0 saturated heterocycles. The first-order chi connectivity index (χ1) is 7.26. The summed E-state index contributed by atoms with van der Waals surface area (Å²) >= 11 is 0. The van der Waals surface area contributed by atoms with Gasteiger partial charge in [0, 0.05) is 6.04 Å². The van der Waals surface area contributed by atoms with Crippen LogP contribution in [0.3, 0.4) is 0 Å². The van der Waals surface area contributed by atoms with Gasteiger partial charge in [-0.1, -0.05) is 13.8 Å². The van der Waals surface area contributed by atoms with Gasteiger partial charge < -0.3 is 15.4 Å². The summed E-state index contributed by atoms with van der Waals surface area (Å²) in [4.78, 5) is 11.6. The normalized spacial score (nSPS) is 13.7. The zero-order chi connectivity index (χ0) is 12.8. The number of amides is 1. The highest BCUT2D eigenvalue weighted by Gasteiger charge is 2.20. The summed E-state index contributed by atoms with van der Waals surface area (Å²) in [6.45, 7) is 10.7. The Bertz CT molecular complexity index is 210. The van der Waals surface area contributed by atoms with E-state index in [1.165, 1.54) is 0 Å². The molecule has 0 aromatic heterocycles. The lowest BCUT2D eigenvalue weighted by atomic mass is 10.0. The molecule has 0 unspecified atom stereocenters. The van der Waals surface area contributed by atoms with Crippen LogP contribution >= 0.6 is 0 Å². The van der Waals surface area contributed by atoms with Crippen molar-refractivity contribution in [2.24, 2.45) is 5.92 Å². The van der Waals surface area contributed by atoms with E-state index in [2.05, 4.69) is 24.5 Å². The standard InChI is InChI=1S/C12H26N2O2/c1-9(2)10(7-8-13-6)14-11(15)16-12(3,4)5/h9-10,13H,7-8H2,1-6H3,(H,14,15)/t10-/m1/s1. The first-order valence-corrected chi connectivity index (χ1v) is 5.90. The smallest absolute Gasteiger partial charge is 0.407 e. The Morgan fingerprint density at radius 1 is 1.31 bits per heavy atom. The van der Waals surface area contributed by atoms with Crippen LogP contribution in [0.2, 0.25) is 0 Å². The average Bonchev–Trinajstić information content (AvgIpc) is 2.08. The second-order valence-corrected chi connectivity index (χ2v) is 5.39. The predicted octanol–water partition coefficient (Wildman–Crippen LogP) is 2.15. The van der Waals surface area contributed by atoms with Crippen molar-refractivity contribution >= 4 is 6.09 Å². The maximum absolute atomic E-state index is 11.6. The van der Waals surface area contributed by atoms with E-state index < -0.39 is 5.60 Å². The first kappa shape index (κ1) is 15.2. The van der Waals surface area contributed by atoms with E-state index in [-0.39, 0.29) is 12.1 Å². The Kier molecular flexibility index (Phi) is 6.41. The predicted molar refractivity (Wildman–Crippen MR) is 66.5 cm³/mol. The monoisotopic (exact) mass is 230 g/mol. The van der Waals surface area contributed by atoms with Gasteiger partial charge in [-0.3, -0.25) is 0 Å². The lowest BCUT2D eigenvalue weighted by Crippen LogP contribution is -2.42. The van der Waals surface area contributed by atoms with Crippen LogP contribution < -0.4 is 10.6 Å². The fourth-order valence-electron chi connectivity index (χ4n) is 1.33. The summed E-state index contributed by atoms with van der Waals surface area (Å²) in [6, 6.07) is 0.155. The third-order valence-electron chi connectivity index (χ3n) is 2.21. The van der Waals surface area contributed by atoms with Gasteiger partial charge >= 0.3 is 6.09 Å². The van der Waals surface area contributed by atoms with Crippen LogP contribution in [0.5, 0.6) is 0 Å². The van der Waals surface area contributed by atoms with E-state index in [9.17, 15) is 4.79 Å². The van der Waals surface area contributed by atoms with E-state index in [1.807, 2.05) is 27.8 Å². The third-order valence-corrected chi connectivity index (χ3v) is 2.21. The van der Waals surface area contributed by atoms with Crippen molar-refractivity contribution in [1.82, 2.24) is 10.6 Å². The molecule has 0 fully saturated rings. The van der Waals surface area contributed by atoms with Crippen molar-refractivity contribution in [3.05, 3.63) is 0 Å². The topological polar surface area (TPSA) is 50.4 Å². The molecular weight excluding hydrogens is 204 g/mol. The second-order valence-electron chi connectivity index (χ2n) is 5.39. The molecule has 0 aliphatic rings. The Morgan fingerprint density at radius 3 is 2.25 bits per heavy atom. The molecule has 4 nitrogen and oxygen atoms in total. The van der Waals surface area contributed by atoms with Gasteiger partial charge in [-0.25, -0.2) is 4.79 Å². The number of hydrogen-bond acceptors (Lipinski definition) is 3. The molecule has 0 spiro atoms. The molecule has 0 radical (unpaired) electrons. The first-order valence-electron chi connectivity index (χ1n) is 5.90. The molecule has 0 rings (SSSR count). The Balaban J connectivity index is 4.13. The van der Waals surface area contributed by atoms with Gasteiger partial charge in [-0.05, 0) is 46.7 Å². The number of nitrogens with one attached hydrogen (secondary N) is 2. The van der Waals surface area contributed by atoms with Crippen molar-refractivity contribution in [2.75, 3.05) is 13.6 Å². The molecule has 96 valence electrons. The molecule has 4 heteroatoms. The van der Waals surface area contributed by atoms with E-state index in [1.54, 1.807) is 0 Å². The molecule has 0 aliphatic heterocycles. The molecule has 1 atom stereocenters. The number of hydrogen-bond donors (Lipinski definition) is 2. The van der Waals surface area contributed by atoms with E-state index in [0.717, 1.165) is 13.0 Å². The highest BCUT2D eigenvalue weighted by molar-refractivity contribution is 5.68. The minimum Gasteiger partial charge on any atom is -0.444 e. The molecule has 16 heavy (non-hydrogen) atoms. The van der Waals surface area contributed by atoms with Crippen LogP contribution in [0.15, 0.2) is 0 Å². The summed E-state index contributed by atoms with van der Waals surface area (Å²) in [5, 5.41) is 5.99. The average molecular weight is 230 g/mol. The van der Waals surface area contributed by atoms with Crippen LogP contribution in [0.4, 0.5) is 4.79 Å². The molecule has 0 saturated carbocycles. The van der Waals surface area contributed by atoms with Gasteiger partial charge in [0.05, 0.1) is 0 Å². The molecule has 0 bridgehead atoms. The molecule has 0 aromatic rings. The van der Waals surface area contributed by atoms with Crippen molar-refractivity contribution in [2.45, 2.75) is 52.7 Å². The van der Waals surface area contributed by atoms with Crippen LogP contribution in [0.25, 0.3) is 0 Å². The molecule has 0 heterocycles. The summed E-state index contributed by atoms with van der Waals surface area (Å²) in [6.07, 6.45) is 0.579. The zero-order valence-corrected chi connectivity index (χ0v) is 11.4. The fourth-order valence-corrected chi connectivity index (χ4v) is 1.33. The van der Waals surface area contributed by atoms with Crippen LogP contribution in [-0.4, -0.2) is 31.3 Å². The minimum atomic E-state index is -0.436. The lowest BCUT2D eigenvalue weighted by molar-refractivity contribution is 0.0487. The van der Waals surface area contributed by atoms with Crippen molar-refractivity contribution < 1.29 is 9.53 Å². The number of alkyl carbamates (subject to hydrolysis) is 1. The summed E-state index contributed by atoms with van der Waals surface area (Å²) in [5.41, 5.74) is -0.436. The maximum Gasteiger partial charge on any atom is 0.407 e. The molecule has 0 aliphatic carbocycles. The zero-order valence-electron chi connectivity index (χ0n) is 11.4. The van der Waals surface area contributed by atoms with Crippen molar-refractivity contribution in [1.29, 1.82) is 0 Å². The second kappa shape index (κ2) is 6.74. The highest BCUT2D eigenvalue weighted by Crippen LogP contribution is 2.10. The lowest BCUT2D eigenvalue weighted by Gasteiger charge is -2.25. The highest BCUT2D eigenvalue weighted by atomic mass is 16.6. The van der Waals surface area contributed by atoms with Crippen LogP contribution in [-0.2, 0) is 4.74 Å². The molecular formula is C12H26N2O2. The SMILES string of the molecule is CNCC[C@@H](NC(=O)OC(C)(C)C)C(C)C. The maximum atomic E-state index is 11.6. The van der Waals surface area contributed by atoms with E-state index >= 15 is 0 Å². The number of carbonyl (C=O) groups is 1. The fraction of sp³-hybridized carbons (Fsp3) is 0.917. The van der Waals surface area contributed by atoms with Gasteiger partial charge in [0.1, 0.15) is 5.60 Å². The number of ether oxygens (including phenoxy) is 1. The quantitative estimate of drug-likeness (QED) is 0.761. The Morgan fingerprint density at radius 2 is 1.88 bits per heavy atom. The van der Waals surface area contributed by atoms with E-state index in [4.69, 9.17) is 4.74 Å². The Labute approximate surface area is 99.1 Å². The Hall–Kier alpha value is -0.770. The number of rotatable bonds is 5. The third kappa shape index (κ3) is 7.51. The van der Waals surface area contributed by atoms with Crippen LogP contribution in [0.1, 0.15) is 41.0 Å².